The Morgan fingerprint density at radius 1 is 1.32 bits per heavy atom. The number of likely N-dealkylation sites (tertiary alicyclic amines) is 1. The number of piperidine rings is 1. The van der Waals surface area contributed by atoms with E-state index >= 15 is 0 Å². The Labute approximate surface area is 146 Å². The molecule has 0 radical (unpaired) electrons. The van der Waals surface area contributed by atoms with Crippen molar-refractivity contribution >= 4 is 23.0 Å². The number of fused-ring (bicyclic) bond motifs is 1. The van der Waals surface area contributed by atoms with E-state index in [4.69, 9.17) is 9.40 Å². The maximum absolute atomic E-state index is 12.5. The normalized spacial score (nSPS) is 18.3. The van der Waals surface area contributed by atoms with Gasteiger partial charge in [-0.05, 0) is 50.1 Å². The summed E-state index contributed by atoms with van der Waals surface area (Å²) in [7, 11) is 0. The molecule has 2 aromatic heterocycles. The molecule has 0 saturated carbocycles. The highest BCUT2D eigenvalue weighted by atomic mass is 16.3. The average Bonchev–Trinajstić information content (AvgIpc) is 3.25. The molecule has 1 aliphatic rings. The Morgan fingerprint density at radius 3 is 3.00 bits per heavy atom. The van der Waals surface area contributed by atoms with Crippen LogP contribution in [0.5, 0.6) is 0 Å². The molecule has 5 heteroatoms. The third kappa shape index (κ3) is 3.36. The lowest BCUT2D eigenvalue weighted by Gasteiger charge is -2.31. The Morgan fingerprint density at radius 2 is 2.20 bits per heavy atom. The summed E-state index contributed by atoms with van der Waals surface area (Å²) >= 11 is 0. The number of nitrogens with zero attached hydrogens (tertiary/aromatic N) is 2. The van der Waals surface area contributed by atoms with Crippen molar-refractivity contribution in [1.29, 1.82) is 0 Å². The molecule has 0 bridgehead atoms. The number of furan rings is 1. The number of H-pyrrole nitrogens is 1. The maximum Gasteiger partial charge on any atom is 0.246 e. The van der Waals surface area contributed by atoms with Gasteiger partial charge in [0.1, 0.15) is 17.3 Å². The molecule has 5 nitrogen and oxygen atoms in total. The van der Waals surface area contributed by atoms with Gasteiger partial charge < -0.3 is 14.3 Å². The van der Waals surface area contributed by atoms with Gasteiger partial charge >= 0.3 is 0 Å². The van der Waals surface area contributed by atoms with E-state index in [2.05, 4.69) is 4.98 Å². The van der Waals surface area contributed by atoms with Gasteiger partial charge in [0, 0.05) is 25.1 Å². The summed E-state index contributed by atoms with van der Waals surface area (Å²) in [4.78, 5) is 22.5. The van der Waals surface area contributed by atoms with Crippen LogP contribution in [0.15, 0.2) is 46.9 Å². The molecule has 1 aliphatic heterocycles. The number of aromatic amines is 1. The first-order valence-electron chi connectivity index (χ1n) is 8.67. The van der Waals surface area contributed by atoms with E-state index in [-0.39, 0.29) is 11.8 Å². The Bertz CT molecular complexity index is 889. The van der Waals surface area contributed by atoms with Crippen LogP contribution in [0.25, 0.3) is 17.1 Å². The zero-order valence-electron chi connectivity index (χ0n) is 14.2. The molecule has 1 aromatic carbocycles. The minimum atomic E-state index is 0.0230. The largest absolute Gasteiger partial charge is 0.462 e. The first kappa shape index (κ1) is 15.7. The summed E-state index contributed by atoms with van der Waals surface area (Å²) in [5.74, 6) is 2.80. The van der Waals surface area contributed by atoms with Gasteiger partial charge in [-0.3, -0.25) is 4.79 Å². The zero-order chi connectivity index (χ0) is 17.2. The third-order valence-corrected chi connectivity index (χ3v) is 4.68. The number of imidazole rings is 1. The minimum Gasteiger partial charge on any atom is -0.462 e. The van der Waals surface area contributed by atoms with Gasteiger partial charge in [-0.25, -0.2) is 4.98 Å². The highest BCUT2D eigenvalue weighted by molar-refractivity contribution is 5.91. The third-order valence-electron chi connectivity index (χ3n) is 4.68. The van der Waals surface area contributed by atoms with Crippen molar-refractivity contribution in [2.24, 2.45) is 0 Å². The number of hydrogen-bond acceptors (Lipinski definition) is 3. The standard InChI is InChI=1S/C20H21N3O2/c1-14-8-9-16(25-14)10-11-19(24)23-12-4-5-15(13-23)20-21-17-6-2-3-7-18(17)22-20/h2-3,6-11,15H,4-5,12-13H2,1H3,(H,21,22)/b11-10+. The monoisotopic (exact) mass is 335 g/mol. The number of carbonyl (C=O) groups is 1. The van der Waals surface area contributed by atoms with Crippen LogP contribution in [0, 0.1) is 6.92 Å². The van der Waals surface area contributed by atoms with Crippen molar-refractivity contribution in [3.8, 4) is 0 Å². The van der Waals surface area contributed by atoms with Crippen LogP contribution < -0.4 is 0 Å². The Kier molecular flexibility index (Phi) is 4.14. The second-order valence-corrected chi connectivity index (χ2v) is 6.54. The average molecular weight is 335 g/mol. The van der Waals surface area contributed by atoms with E-state index in [1.807, 2.05) is 48.2 Å². The minimum absolute atomic E-state index is 0.0230. The van der Waals surface area contributed by atoms with E-state index in [1.54, 1.807) is 12.2 Å². The molecule has 3 aromatic rings. The van der Waals surface area contributed by atoms with Crippen molar-refractivity contribution in [2.75, 3.05) is 13.1 Å². The first-order chi connectivity index (χ1) is 12.2. The summed E-state index contributed by atoms with van der Waals surface area (Å²) in [6, 6.07) is 11.8. The molecule has 0 spiro atoms. The van der Waals surface area contributed by atoms with E-state index in [0.29, 0.717) is 12.3 Å². The number of nitrogens with one attached hydrogen (secondary N) is 1. The van der Waals surface area contributed by atoms with Gasteiger partial charge in [-0.2, -0.15) is 0 Å². The van der Waals surface area contributed by atoms with Gasteiger partial charge in [0.15, 0.2) is 0 Å². The second kappa shape index (κ2) is 6.59. The van der Waals surface area contributed by atoms with Crippen LogP contribution in [0.3, 0.4) is 0 Å². The number of amides is 1. The molecule has 1 atom stereocenters. The van der Waals surface area contributed by atoms with Crippen molar-refractivity contribution in [1.82, 2.24) is 14.9 Å². The van der Waals surface area contributed by atoms with Gasteiger partial charge in [-0.15, -0.1) is 0 Å². The number of para-hydroxylation sites is 2. The van der Waals surface area contributed by atoms with Crippen LogP contribution in [0.2, 0.25) is 0 Å². The van der Waals surface area contributed by atoms with Crippen molar-refractivity contribution in [3.05, 3.63) is 59.8 Å². The van der Waals surface area contributed by atoms with Crippen LogP contribution in [0.4, 0.5) is 0 Å². The predicted octanol–water partition coefficient (Wildman–Crippen LogP) is 3.88. The van der Waals surface area contributed by atoms with Gasteiger partial charge in [0.25, 0.3) is 0 Å². The molecule has 25 heavy (non-hydrogen) atoms. The van der Waals surface area contributed by atoms with E-state index < -0.39 is 0 Å². The zero-order valence-corrected chi connectivity index (χ0v) is 14.2. The molecule has 1 amide bonds. The maximum atomic E-state index is 12.5. The lowest BCUT2D eigenvalue weighted by molar-refractivity contribution is -0.127. The fraction of sp³-hybridized carbons (Fsp3) is 0.300. The van der Waals surface area contributed by atoms with Crippen molar-refractivity contribution < 1.29 is 9.21 Å². The number of aryl methyl sites for hydroxylation is 1. The van der Waals surface area contributed by atoms with Crippen molar-refractivity contribution in [2.45, 2.75) is 25.7 Å². The van der Waals surface area contributed by atoms with Gasteiger partial charge in [0.2, 0.25) is 5.91 Å². The van der Waals surface area contributed by atoms with Crippen LogP contribution >= 0.6 is 0 Å². The van der Waals surface area contributed by atoms with E-state index in [0.717, 1.165) is 42.0 Å². The van der Waals surface area contributed by atoms with Gasteiger partial charge in [0.05, 0.1) is 11.0 Å². The molecule has 3 heterocycles. The molecule has 1 saturated heterocycles. The SMILES string of the molecule is Cc1ccc(/C=C/C(=O)N2CCCC(c3nc4ccccc4[nH]3)C2)o1. The summed E-state index contributed by atoms with van der Waals surface area (Å²) in [5, 5.41) is 0. The molecular weight excluding hydrogens is 314 g/mol. The van der Waals surface area contributed by atoms with Crippen LogP contribution in [-0.4, -0.2) is 33.9 Å². The topological polar surface area (TPSA) is 62.1 Å². The lowest BCUT2D eigenvalue weighted by atomic mass is 9.97. The highest BCUT2D eigenvalue weighted by Gasteiger charge is 2.25. The lowest BCUT2D eigenvalue weighted by Crippen LogP contribution is -2.38. The molecule has 0 aliphatic carbocycles. The van der Waals surface area contributed by atoms with Crippen LogP contribution in [0.1, 0.15) is 36.1 Å². The number of aromatic nitrogens is 2. The molecule has 128 valence electrons. The molecule has 1 fully saturated rings. The van der Waals surface area contributed by atoms with E-state index in [1.165, 1.54) is 0 Å². The number of hydrogen-bond donors (Lipinski definition) is 1. The van der Waals surface area contributed by atoms with E-state index in [9.17, 15) is 4.79 Å². The van der Waals surface area contributed by atoms with Gasteiger partial charge in [-0.1, -0.05) is 12.1 Å². The highest BCUT2D eigenvalue weighted by Crippen LogP contribution is 2.27. The fourth-order valence-electron chi connectivity index (χ4n) is 3.37. The number of carbonyl (C=O) groups excluding carboxylic acids is 1. The van der Waals surface area contributed by atoms with Crippen LogP contribution in [-0.2, 0) is 4.79 Å². The van der Waals surface area contributed by atoms with Crippen molar-refractivity contribution in [3.63, 3.8) is 0 Å². The molecule has 1 unspecified atom stereocenters. The Balaban J connectivity index is 1.46. The number of benzene rings is 1. The molecule has 4 rings (SSSR count). The predicted molar refractivity (Wildman–Crippen MR) is 97.1 cm³/mol. The summed E-state index contributed by atoms with van der Waals surface area (Å²) in [6.45, 7) is 3.37. The number of rotatable bonds is 3. The summed E-state index contributed by atoms with van der Waals surface area (Å²) in [5.41, 5.74) is 2.03. The first-order valence-corrected chi connectivity index (χ1v) is 8.67. The fourth-order valence-corrected chi connectivity index (χ4v) is 3.37. The quantitative estimate of drug-likeness (QED) is 0.739. The smallest absolute Gasteiger partial charge is 0.246 e. The molecule has 1 N–H and O–H groups in total. The molecular formula is C20H21N3O2. The Hall–Kier alpha value is -2.82. The summed E-state index contributed by atoms with van der Waals surface area (Å²) < 4.78 is 5.47. The summed E-state index contributed by atoms with van der Waals surface area (Å²) in [6.07, 6.45) is 5.37. The second-order valence-electron chi connectivity index (χ2n) is 6.54.